The van der Waals surface area contributed by atoms with E-state index in [0.29, 0.717) is 6.07 Å². The molecular formula is C22HF7N4. The quantitative estimate of drug-likeness (QED) is 0.297. The average molecular weight is 454 g/mol. The topological polar surface area (TPSA) is 95.2 Å². The van der Waals surface area contributed by atoms with Gasteiger partial charge in [0.2, 0.25) is 0 Å². The summed E-state index contributed by atoms with van der Waals surface area (Å²) in [4.78, 5) is 0. The Morgan fingerprint density at radius 2 is 0.909 bits per heavy atom. The Morgan fingerprint density at radius 1 is 0.485 bits per heavy atom. The van der Waals surface area contributed by atoms with Crippen molar-refractivity contribution in [3.8, 4) is 24.3 Å². The van der Waals surface area contributed by atoms with Gasteiger partial charge in [-0.15, -0.1) is 0 Å². The van der Waals surface area contributed by atoms with Gasteiger partial charge in [0.25, 0.3) is 0 Å². The van der Waals surface area contributed by atoms with Gasteiger partial charge in [-0.2, -0.15) is 21.0 Å². The third kappa shape index (κ3) is 2.48. The van der Waals surface area contributed by atoms with E-state index in [1.807, 2.05) is 0 Å². The molecule has 0 saturated carbocycles. The highest BCUT2D eigenvalue weighted by molar-refractivity contribution is 6.24. The summed E-state index contributed by atoms with van der Waals surface area (Å²) in [6, 6.07) is 5.25. The van der Waals surface area contributed by atoms with E-state index in [1.54, 1.807) is 0 Å². The van der Waals surface area contributed by atoms with Crippen molar-refractivity contribution >= 4 is 43.5 Å². The second-order valence-corrected chi connectivity index (χ2v) is 6.62. The maximum atomic E-state index is 15.1. The van der Waals surface area contributed by atoms with Crippen molar-refractivity contribution in [1.82, 2.24) is 0 Å². The monoisotopic (exact) mass is 454 g/mol. The number of halogens is 7. The Labute approximate surface area is 177 Å². The molecule has 4 nitrogen and oxygen atoms in total. The molecule has 0 N–H and O–H groups in total. The Bertz CT molecular complexity index is 1820. The molecular weight excluding hydrogens is 453 g/mol. The van der Waals surface area contributed by atoms with E-state index in [0.717, 1.165) is 12.1 Å². The van der Waals surface area contributed by atoms with Gasteiger partial charge < -0.3 is 0 Å². The molecule has 0 aliphatic rings. The SMILES string of the molecule is N#CC(C#N)=c1cc2c(F)c(F)c3c(F)c(=C(C#N)C#N)c(F)c4c(F)c(F)c(c1F)c2c34. The summed E-state index contributed by atoms with van der Waals surface area (Å²) in [5, 5.41) is 26.1. The fraction of sp³-hybridized carbons (Fsp3) is 0. The first kappa shape index (κ1) is 21.4. The van der Waals surface area contributed by atoms with Gasteiger partial charge in [0.05, 0.1) is 21.4 Å². The highest BCUT2D eigenvalue weighted by Crippen LogP contribution is 2.42. The lowest BCUT2D eigenvalue weighted by molar-refractivity contribution is 0.506. The third-order valence-electron chi connectivity index (χ3n) is 5.14. The highest BCUT2D eigenvalue weighted by Gasteiger charge is 2.31. The lowest BCUT2D eigenvalue weighted by atomic mass is 9.89. The van der Waals surface area contributed by atoms with Crippen molar-refractivity contribution in [2.75, 3.05) is 0 Å². The van der Waals surface area contributed by atoms with Gasteiger partial charge in [-0.05, 0) is 6.07 Å². The molecule has 0 amide bonds. The Morgan fingerprint density at radius 3 is 1.36 bits per heavy atom. The summed E-state index contributed by atoms with van der Waals surface area (Å²) in [6.07, 6.45) is 0. The zero-order valence-corrected chi connectivity index (χ0v) is 15.5. The molecule has 0 bridgehead atoms. The average Bonchev–Trinajstić information content (AvgIpc) is 2.79. The fourth-order valence-electron chi connectivity index (χ4n) is 3.78. The number of benzene rings is 4. The van der Waals surface area contributed by atoms with Crippen molar-refractivity contribution < 1.29 is 30.7 Å². The molecule has 0 heterocycles. The van der Waals surface area contributed by atoms with E-state index >= 15 is 13.2 Å². The van der Waals surface area contributed by atoms with Crippen molar-refractivity contribution in [1.29, 1.82) is 21.0 Å². The van der Waals surface area contributed by atoms with Gasteiger partial charge in [0.1, 0.15) is 52.9 Å². The normalized spacial score (nSPS) is 10.8. The van der Waals surface area contributed by atoms with E-state index in [2.05, 4.69) is 0 Å². The first-order chi connectivity index (χ1) is 15.7. The number of rotatable bonds is 0. The van der Waals surface area contributed by atoms with Crippen LogP contribution in [0.25, 0.3) is 43.5 Å². The second-order valence-electron chi connectivity index (χ2n) is 6.62. The molecule has 158 valence electrons. The molecule has 0 fully saturated rings. The van der Waals surface area contributed by atoms with Gasteiger partial charge in [0.15, 0.2) is 23.3 Å². The minimum atomic E-state index is -2.15. The van der Waals surface area contributed by atoms with Gasteiger partial charge >= 0.3 is 0 Å². The van der Waals surface area contributed by atoms with Crippen LogP contribution in [-0.2, 0) is 0 Å². The summed E-state index contributed by atoms with van der Waals surface area (Å²) in [7, 11) is 0. The fourth-order valence-corrected chi connectivity index (χ4v) is 3.78. The van der Waals surface area contributed by atoms with E-state index in [1.165, 1.54) is 12.1 Å². The maximum absolute atomic E-state index is 15.1. The highest BCUT2D eigenvalue weighted by atomic mass is 19.2. The van der Waals surface area contributed by atoms with E-state index < -0.39 is 94.6 Å². The molecule has 0 radical (unpaired) electrons. The molecule has 0 atom stereocenters. The number of hydrogen-bond acceptors (Lipinski definition) is 4. The zero-order valence-electron chi connectivity index (χ0n) is 15.5. The van der Waals surface area contributed by atoms with Gasteiger partial charge in [-0.25, -0.2) is 30.7 Å². The summed E-state index contributed by atoms with van der Waals surface area (Å²) in [5.41, 5.74) is -2.26. The molecule has 0 spiro atoms. The molecule has 0 unspecified atom stereocenters. The molecule has 4 rings (SSSR count). The van der Waals surface area contributed by atoms with Crippen LogP contribution in [0.5, 0.6) is 0 Å². The number of hydrogen-bond donors (Lipinski definition) is 0. The van der Waals surface area contributed by atoms with E-state index in [4.69, 9.17) is 21.0 Å². The minimum Gasteiger partial charge on any atom is -0.205 e. The third-order valence-corrected chi connectivity index (χ3v) is 5.14. The molecule has 0 aliphatic carbocycles. The van der Waals surface area contributed by atoms with Crippen LogP contribution < -0.4 is 10.4 Å². The molecule has 4 aromatic rings. The van der Waals surface area contributed by atoms with E-state index in [-0.39, 0.29) is 0 Å². The number of nitrogens with zero attached hydrogens (tertiary/aromatic N) is 4. The molecule has 0 saturated heterocycles. The summed E-state index contributed by atoms with van der Waals surface area (Å²) in [5.74, 6) is -13.9. The summed E-state index contributed by atoms with van der Waals surface area (Å²) < 4.78 is 105. The van der Waals surface area contributed by atoms with Gasteiger partial charge in [-0.3, -0.25) is 0 Å². The largest absolute Gasteiger partial charge is 0.205 e. The second kappa shape index (κ2) is 7.09. The zero-order chi connectivity index (χ0) is 24.4. The molecule has 33 heavy (non-hydrogen) atoms. The van der Waals surface area contributed by atoms with Crippen molar-refractivity contribution in [2.24, 2.45) is 0 Å². The predicted octanol–water partition coefficient (Wildman–Crippen LogP) is 3.95. The predicted molar refractivity (Wildman–Crippen MR) is 98.4 cm³/mol. The molecule has 0 aliphatic heterocycles. The first-order valence-electron chi connectivity index (χ1n) is 8.54. The Kier molecular flexibility index (Phi) is 4.59. The van der Waals surface area contributed by atoms with Crippen LogP contribution in [-0.4, -0.2) is 0 Å². The van der Waals surface area contributed by atoms with Crippen LogP contribution in [0, 0.1) is 86.0 Å². The minimum absolute atomic E-state index is 0.458. The van der Waals surface area contributed by atoms with Crippen LogP contribution in [0.4, 0.5) is 30.7 Å². The summed E-state index contributed by atoms with van der Waals surface area (Å²) >= 11 is 0. The van der Waals surface area contributed by atoms with Crippen molar-refractivity contribution in [3.63, 3.8) is 0 Å². The lowest BCUT2D eigenvalue weighted by Crippen LogP contribution is -2.21. The Hall–Kier alpha value is -4.87. The molecule has 11 heteroatoms. The molecule has 4 aromatic carbocycles. The van der Waals surface area contributed by atoms with Gasteiger partial charge in [-0.1, -0.05) is 0 Å². The maximum Gasteiger partial charge on any atom is 0.170 e. The summed E-state index contributed by atoms with van der Waals surface area (Å²) in [6.45, 7) is 0. The number of nitriles is 4. The van der Waals surface area contributed by atoms with Crippen LogP contribution in [0.2, 0.25) is 0 Å². The molecule has 0 aromatic heterocycles. The van der Waals surface area contributed by atoms with E-state index in [9.17, 15) is 17.6 Å². The lowest BCUT2D eigenvalue weighted by Gasteiger charge is -2.17. The van der Waals surface area contributed by atoms with Crippen LogP contribution in [0.1, 0.15) is 0 Å². The van der Waals surface area contributed by atoms with Crippen molar-refractivity contribution in [2.45, 2.75) is 0 Å². The Balaban J connectivity index is 2.62. The standard InChI is InChI=1S/C22HF7N4/c23-16-8(6(2-30)3-31)1-9-11-12-14(20(27)17(9)24)18(25)10(7(4-32)5-33)19(26)15(12)22(29)21(28)13(11)16/h1H. The van der Waals surface area contributed by atoms with Crippen LogP contribution >= 0.6 is 0 Å². The van der Waals surface area contributed by atoms with Crippen LogP contribution in [0.15, 0.2) is 6.07 Å². The van der Waals surface area contributed by atoms with Crippen molar-refractivity contribution in [3.05, 3.63) is 57.2 Å². The van der Waals surface area contributed by atoms with Crippen LogP contribution in [0.3, 0.4) is 0 Å². The van der Waals surface area contributed by atoms with Gasteiger partial charge in [0, 0.05) is 21.4 Å². The first-order valence-corrected chi connectivity index (χ1v) is 8.54. The smallest absolute Gasteiger partial charge is 0.170 e.